The van der Waals surface area contributed by atoms with Crippen LogP contribution in [0, 0.1) is 0 Å². The van der Waals surface area contributed by atoms with E-state index >= 15 is 0 Å². The van der Waals surface area contributed by atoms with Gasteiger partial charge in [0.05, 0.1) is 31.9 Å². The van der Waals surface area contributed by atoms with Gasteiger partial charge in [-0.15, -0.1) is 11.3 Å². The first-order valence-electron chi connectivity index (χ1n) is 5.97. The van der Waals surface area contributed by atoms with Crippen molar-refractivity contribution in [3.05, 3.63) is 22.4 Å². The molecule has 4 nitrogen and oxygen atoms in total. The lowest BCUT2D eigenvalue weighted by Gasteiger charge is -2.41. The Kier molecular flexibility index (Phi) is 4.53. The van der Waals surface area contributed by atoms with E-state index in [4.69, 9.17) is 10.5 Å². The van der Waals surface area contributed by atoms with Crippen molar-refractivity contribution in [3.8, 4) is 0 Å². The normalized spacial score (nSPS) is 25.7. The molecule has 0 aromatic carbocycles. The number of aliphatic hydroxyl groups excluding tert-OH is 1. The SMILES string of the molecule is CC(N)C(c1cccs1)N1CCOCC1CO. The van der Waals surface area contributed by atoms with Gasteiger partial charge in [-0.25, -0.2) is 0 Å². The van der Waals surface area contributed by atoms with E-state index < -0.39 is 0 Å². The summed E-state index contributed by atoms with van der Waals surface area (Å²) < 4.78 is 5.41. The predicted molar refractivity (Wildman–Crippen MR) is 69.1 cm³/mol. The summed E-state index contributed by atoms with van der Waals surface area (Å²) in [5, 5.41) is 11.5. The predicted octanol–water partition coefficient (Wildman–Crippen LogP) is 0.830. The molecule has 1 saturated heterocycles. The number of hydrogen-bond acceptors (Lipinski definition) is 5. The highest BCUT2D eigenvalue weighted by Gasteiger charge is 2.32. The van der Waals surface area contributed by atoms with E-state index in [0.717, 1.165) is 6.54 Å². The number of thiophene rings is 1. The first-order valence-corrected chi connectivity index (χ1v) is 6.85. The molecular formula is C12H20N2O2S. The second kappa shape index (κ2) is 5.93. The summed E-state index contributed by atoms with van der Waals surface area (Å²) >= 11 is 1.72. The smallest absolute Gasteiger partial charge is 0.0645 e. The molecule has 3 unspecified atom stereocenters. The van der Waals surface area contributed by atoms with Crippen LogP contribution in [-0.2, 0) is 4.74 Å². The zero-order valence-electron chi connectivity index (χ0n) is 10.1. The van der Waals surface area contributed by atoms with Crippen LogP contribution in [0.5, 0.6) is 0 Å². The Bertz CT molecular complexity index is 329. The minimum Gasteiger partial charge on any atom is -0.395 e. The van der Waals surface area contributed by atoms with Crippen molar-refractivity contribution >= 4 is 11.3 Å². The molecule has 2 heterocycles. The topological polar surface area (TPSA) is 58.7 Å². The molecule has 0 spiro atoms. The molecule has 1 aliphatic heterocycles. The highest BCUT2D eigenvalue weighted by molar-refractivity contribution is 7.10. The Morgan fingerprint density at radius 2 is 2.53 bits per heavy atom. The molecule has 0 bridgehead atoms. The first-order chi connectivity index (χ1) is 8.24. The van der Waals surface area contributed by atoms with Gasteiger partial charge in [0.15, 0.2) is 0 Å². The molecule has 0 amide bonds. The van der Waals surface area contributed by atoms with E-state index in [9.17, 15) is 5.11 Å². The van der Waals surface area contributed by atoms with Crippen LogP contribution >= 0.6 is 11.3 Å². The molecule has 1 aromatic heterocycles. The highest BCUT2D eigenvalue weighted by atomic mass is 32.1. The first kappa shape index (κ1) is 13.0. The Balaban J connectivity index is 2.20. The zero-order chi connectivity index (χ0) is 12.3. The van der Waals surface area contributed by atoms with Crippen molar-refractivity contribution in [1.29, 1.82) is 0 Å². The summed E-state index contributed by atoms with van der Waals surface area (Å²) in [7, 11) is 0. The van der Waals surface area contributed by atoms with E-state index in [1.54, 1.807) is 11.3 Å². The summed E-state index contributed by atoms with van der Waals surface area (Å²) in [6.07, 6.45) is 0. The van der Waals surface area contributed by atoms with Gasteiger partial charge < -0.3 is 15.6 Å². The van der Waals surface area contributed by atoms with Crippen LogP contribution in [-0.4, -0.2) is 48.5 Å². The maximum Gasteiger partial charge on any atom is 0.0645 e. The second-order valence-electron chi connectivity index (χ2n) is 4.47. The summed E-state index contributed by atoms with van der Waals surface area (Å²) in [4.78, 5) is 3.54. The highest BCUT2D eigenvalue weighted by Crippen LogP contribution is 2.30. The lowest BCUT2D eigenvalue weighted by molar-refractivity contribution is -0.0509. The standard InChI is InChI=1S/C12H20N2O2S/c1-9(13)12(11-3-2-6-17-11)14-4-5-16-8-10(14)7-15/h2-3,6,9-10,12,15H,4-5,7-8,13H2,1H3. The quantitative estimate of drug-likeness (QED) is 0.838. The fourth-order valence-electron chi connectivity index (χ4n) is 2.38. The molecular weight excluding hydrogens is 236 g/mol. The largest absolute Gasteiger partial charge is 0.395 e. The third-order valence-electron chi connectivity index (χ3n) is 3.17. The second-order valence-corrected chi connectivity index (χ2v) is 5.45. The number of morpholine rings is 1. The van der Waals surface area contributed by atoms with Gasteiger partial charge in [-0.05, 0) is 18.4 Å². The maximum atomic E-state index is 9.43. The van der Waals surface area contributed by atoms with Crippen LogP contribution in [0.15, 0.2) is 17.5 Å². The molecule has 96 valence electrons. The lowest BCUT2D eigenvalue weighted by Crippen LogP contribution is -2.52. The Hall–Kier alpha value is -0.460. The fourth-order valence-corrected chi connectivity index (χ4v) is 3.34. The van der Waals surface area contributed by atoms with Crippen molar-refractivity contribution in [1.82, 2.24) is 4.90 Å². The number of nitrogens with zero attached hydrogens (tertiary/aromatic N) is 1. The summed E-state index contributed by atoms with van der Waals surface area (Å²) in [6.45, 7) is 4.27. The van der Waals surface area contributed by atoms with Gasteiger partial charge in [0.1, 0.15) is 0 Å². The van der Waals surface area contributed by atoms with Gasteiger partial charge >= 0.3 is 0 Å². The lowest BCUT2D eigenvalue weighted by atomic mass is 10.0. The van der Waals surface area contributed by atoms with E-state index in [-0.39, 0.29) is 24.7 Å². The van der Waals surface area contributed by atoms with Gasteiger partial charge in [0, 0.05) is 17.5 Å². The van der Waals surface area contributed by atoms with E-state index in [0.29, 0.717) is 13.2 Å². The molecule has 0 radical (unpaired) electrons. The van der Waals surface area contributed by atoms with Crippen molar-refractivity contribution in [3.63, 3.8) is 0 Å². The average Bonchev–Trinajstić information content (AvgIpc) is 2.83. The van der Waals surface area contributed by atoms with E-state index in [1.165, 1.54) is 4.88 Å². The monoisotopic (exact) mass is 256 g/mol. The Morgan fingerprint density at radius 3 is 3.12 bits per heavy atom. The van der Waals surface area contributed by atoms with Crippen LogP contribution in [0.2, 0.25) is 0 Å². The van der Waals surface area contributed by atoms with Crippen LogP contribution < -0.4 is 5.73 Å². The van der Waals surface area contributed by atoms with Crippen LogP contribution in [0.1, 0.15) is 17.8 Å². The Morgan fingerprint density at radius 1 is 1.71 bits per heavy atom. The number of rotatable bonds is 4. The summed E-state index contributed by atoms with van der Waals surface area (Å²) in [6, 6.07) is 4.44. The van der Waals surface area contributed by atoms with Gasteiger partial charge in [-0.1, -0.05) is 6.07 Å². The van der Waals surface area contributed by atoms with Crippen LogP contribution in [0.25, 0.3) is 0 Å². The van der Waals surface area contributed by atoms with Crippen molar-refractivity contribution in [2.75, 3.05) is 26.4 Å². The third kappa shape index (κ3) is 2.86. The van der Waals surface area contributed by atoms with E-state index in [1.807, 2.05) is 13.0 Å². The molecule has 1 aromatic rings. The van der Waals surface area contributed by atoms with Gasteiger partial charge in [0.2, 0.25) is 0 Å². The molecule has 0 aliphatic carbocycles. The third-order valence-corrected chi connectivity index (χ3v) is 4.12. The minimum absolute atomic E-state index is 0.0424. The maximum absolute atomic E-state index is 9.43. The van der Waals surface area contributed by atoms with Gasteiger partial charge in [0.25, 0.3) is 0 Å². The number of aliphatic hydroxyl groups is 1. The van der Waals surface area contributed by atoms with Gasteiger partial charge in [-0.2, -0.15) is 0 Å². The number of nitrogens with two attached hydrogens (primary N) is 1. The number of ether oxygens (including phenoxy) is 1. The van der Waals surface area contributed by atoms with Crippen molar-refractivity contribution < 1.29 is 9.84 Å². The van der Waals surface area contributed by atoms with E-state index in [2.05, 4.69) is 16.3 Å². The van der Waals surface area contributed by atoms with Crippen LogP contribution in [0.4, 0.5) is 0 Å². The van der Waals surface area contributed by atoms with Crippen molar-refractivity contribution in [2.24, 2.45) is 5.73 Å². The molecule has 0 saturated carbocycles. The molecule has 2 rings (SSSR count). The average molecular weight is 256 g/mol. The number of hydrogen-bond donors (Lipinski definition) is 2. The van der Waals surface area contributed by atoms with Crippen molar-refractivity contribution in [2.45, 2.75) is 25.0 Å². The fraction of sp³-hybridized carbons (Fsp3) is 0.667. The summed E-state index contributed by atoms with van der Waals surface area (Å²) in [5.74, 6) is 0. The van der Waals surface area contributed by atoms with Crippen LogP contribution in [0.3, 0.4) is 0 Å². The zero-order valence-corrected chi connectivity index (χ0v) is 10.9. The molecule has 1 fully saturated rings. The minimum atomic E-state index is 0.0424. The Labute approximate surface area is 106 Å². The van der Waals surface area contributed by atoms with Gasteiger partial charge in [-0.3, -0.25) is 4.90 Å². The molecule has 1 aliphatic rings. The molecule has 3 atom stereocenters. The molecule has 17 heavy (non-hydrogen) atoms. The molecule has 3 N–H and O–H groups in total. The molecule has 5 heteroatoms. The summed E-state index contributed by atoms with van der Waals surface area (Å²) in [5.41, 5.74) is 6.12.